The molecule has 0 aromatic rings. The molecule has 0 saturated carbocycles. The largest absolute Gasteiger partial charge is 0.380 e. The summed E-state index contributed by atoms with van der Waals surface area (Å²) in [6.07, 6.45) is 5.79. The summed E-state index contributed by atoms with van der Waals surface area (Å²) >= 11 is 0. The third kappa shape index (κ3) is 4.26. The summed E-state index contributed by atoms with van der Waals surface area (Å²) in [6.45, 7) is 3.80. The zero-order valence-electron chi connectivity index (χ0n) is 6.51. The van der Waals surface area contributed by atoms with E-state index in [9.17, 15) is 0 Å². The molecule has 1 aliphatic rings. The molecule has 0 aliphatic carbocycles. The van der Waals surface area contributed by atoms with Gasteiger partial charge < -0.3 is 10.1 Å². The van der Waals surface area contributed by atoms with Crippen LogP contribution in [0.25, 0.3) is 0 Å². The Hall–Kier alpha value is -0.230. The first-order valence-corrected chi connectivity index (χ1v) is 3.65. The molecule has 1 saturated heterocycles. The van der Waals surface area contributed by atoms with Gasteiger partial charge in [0.2, 0.25) is 0 Å². The van der Waals surface area contributed by atoms with Crippen molar-refractivity contribution in [2.45, 2.75) is 6.42 Å². The quantitative estimate of drug-likeness (QED) is 0.501. The van der Waals surface area contributed by atoms with Gasteiger partial charge in [0.25, 0.3) is 0 Å². The molecular weight excluding hydrogens is 162 g/mol. The average molecular weight is 176 g/mol. The minimum absolute atomic E-state index is 0. The molecule has 1 rings (SSSR count). The van der Waals surface area contributed by atoms with Gasteiger partial charge in [-0.05, 0) is 0 Å². The van der Waals surface area contributed by atoms with Gasteiger partial charge in [-0.3, -0.25) is 0 Å². The maximum absolute atomic E-state index is 5.30. The van der Waals surface area contributed by atoms with E-state index in [-0.39, 0.29) is 12.4 Å². The Kier molecular flexibility index (Phi) is 6.34. The van der Waals surface area contributed by atoms with Crippen molar-refractivity contribution < 1.29 is 4.74 Å². The second kappa shape index (κ2) is 6.48. The Balaban J connectivity index is 0.000001000. The van der Waals surface area contributed by atoms with E-state index >= 15 is 0 Å². The van der Waals surface area contributed by atoms with Crippen molar-refractivity contribution in [2.24, 2.45) is 5.92 Å². The zero-order chi connectivity index (χ0) is 7.23. The van der Waals surface area contributed by atoms with Crippen LogP contribution in [0, 0.1) is 18.3 Å². The van der Waals surface area contributed by atoms with E-state index in [1.54, 1.807) is 0 Å². The van der Waals surface area contributed by atoms with E-state index in [2.05, 4.69) is 11.2 Å². The van der Waals surface area contributed by atoms with Crippen LogP contribution >= 0.6 is 12.4 Å². The first kappa shape index (κ1) is 10.8. The summed E-state index contributed by atoms with van der Waals surface area (Å²) in [4.78, 5) is 0. The second-order valence-electron chi connectivity index (χ2n) is 2.55. The summed E-state index contributed by atoms with van der Waals surface area (Å²) in [6, 6.07) is 0. The monoisotopic (exact) mass is 175 g/mol. The molecular formula is C8H14ClNO. The van der Waals surface area contributed by atoms with Crippen molar-refractivity contribution in [3.05, 3.63) is 0 Å². The Bertz CT molecular complexity index is 129. The summed E-state index contributed by atoms with van der Waals surface area (Å²) < 4.78 is 5.30. The molecule has 2 nitrogen and oxygen atoms in total. The fourth-order valence-electron chi connectivity index (χ4n) is 0.847. The molecule has 0 atom stereocenters. The van der Waals surface area contributed by atoms with Gasteiger partial charge in [0.15, 0.2) is 0 Å². The predicted octanol–water partition coefficient (Wildman–Crippen LogP) is 0.667. The van der Waals surface area contributed by atoms with Gasteiger partial charge in [-0.2, -0.15) is 0 Å². The molecule has 0 bridgehead atoms. The molecule has 0 aromatic carbocycles. The number of hydrogen-bond acceptors (Lipinski definition) is 2. The molecule has 0 spiro atoms. The lowest BCUT2D eigenvalue weighted by atomic mass is 10.1. The van der Waals surface area contributed by atoms with Gasteiger partial charge in [-0.25, -0.2) is 0 Å². The van der Waals surface area contributed by atoms with Gasteiger partial charge in [0.05, 0.1) is 13.2 Å². The molecule has 3 heteroatoms. The van der Waals surface area contributed by atoms with Crippen LogP contribution in [0.1, 0.15) is 6.42 Å². The van der Waals surface area contributed by atoms with E-state index in [0.29, 0.717) is 6.61 Å². The average Bonchev–Trinajstić information content (AvgIpc) is 1.84. The van der Waals surface area contributed by atoms with E-state index in [4.69, 9.17) is 11.2 Å². The fraction of sp³-hybridized carbons (Fsp3) is 0.750. The van der Waals surface area contributed by atoms with E-state index in [0.717, 1.165) is 32.0 Å². The van der Waals surface area contributed by atoms with Gasteiger partial charge in [0, 0.05) is 25.4 Å². The molecule has 64 valence electrons. The van der Waals surface area contributed by atoms with Crippen molar-refractivity contribution in [1.29, 1.82) is 0 Å². The van der Waals surface area contributed by atoms with Crippen molar-refractivity contribution in [3.8, 4) is 12.3 Å². The molecule has 1 heterocycles. The minimum Gasteiger partial charge on any atom is -0.380 e. The van der Waals surface area contributed by atoms with Crippen molar-refractivity contribution in [1.82, 2.24) is 5.32 Å². The molecule has 0 amide bonds. The zero-order valence-corrected chi connectivity index (χ0v) is 7.32. The Morgan fingerprint density at radius 3 is 2.73 bits per heavy atom. The number of nitrogens with one attached hydrogen (secondary N) is 1. The second-order valence-corrected chi connectivity index (χ2v) is 2.55. The van der Waals surface area contributed by atoms with E-state index < -0.39 is 0 Å². The fourth-order valence-corrected chi connectivity index (χ4v) is 0.847. The number of ether oxygens (including phenoxy) is 1. The van der Waals surface area contributed by atoms with Gasteiger partial charge >= 0.3 is 0 Å². The maximum Gasteiger partial charge on any atom is 0.0575 e. The number of rotatable bonds is 4. The smallest absolute Gasteiger partial charge is 0.0575 e. The molecule has 0 aromatic heterocycles. The number of halogens is 1. The molecule has 11 heavy (non-hydrogen) atoms. The highest BCUT2D eigenvalue weighted by Gasteiger charge is 2.15. The van der Waals surface area contributed by atoms with Gasteiger partial charge in [-0.15, -0.1) is 24.8 Å². The molecule has 1 fully saturated rings. The first-order chi connectivity index (χ1) is 4.93. The van der Waals surface area contributed by atoms with Crippen molar-refractivity contribution >= 4 is 12.4 Å². The van der Waals surface area contributed by atoms with Gasteiger partial charge in [0.1, 0.15) is 0 Å². The highest BCUT2D eigenvalue weighted by atomic mass is 35.5. The number of hydrogen-bond donors (Lipinski definition) is 1. The van der Waals surface area contributed by atoms with Gasteiger partial charge in [-0.1, -0.05) is 0 Å². The van der Waals surface area contributed by atoms with Crippen LogP contribution in [0.2, 0.25) is 0 Å². The van der Waals surface area contributed by atoms with Crippen LogP contribution < -0.4 is 5.32 Å². The lowest BCUT2D eigenvalue weighted by Crippen LogP contribution is -2.44. The van der Waals surface area contributed by atoms with E-state index in [1.807, 2.05) is 0 Å². The van der Waals surface area contributed by atoms with Crippen LogP contribution in [0.15, 0.2) is 0 Å². The normalized spacial score (nSPS) is 16.3. The molecule has 1 N–H and O–H groups in total. The minimum atomic E-state index is 0. The Labute approximate surface area is 74.1 Å². The van der Waals surface area contributed by atoms with Crippen LogP contribution in [0.3, 0.4) is 0 Å². The van der Waals surface area contributed by atoms with Crippen LogP contribution in [-0.4, -0.2) is 26.3 Å². The SMILES string of the molecule is C#CCCOCC1CNC1.Cl. The summed E-state index contributed by atoms with van der Waals surface area (Å²) in [5.41, 5.74) is 0. The maximum atomic E-state index is 5.30. The van der Waals surface area contributed by atoms with Crippen LogP contribution in [-0.2, 0) is 4.74 Å². The topological polar surface area (TPSA) is 21.3 Å². The molecule has 0 radical (unpaired) electrons. The predicted molar refractivity (Wildman–Crippen MR) is 47.9 cm³/mol. The van der Waals surface area contributed by atoms with Crippen LogP contribution in [0.5, 0.6) is 0 Å². The first-order valence-electron chi connectivity index (χ1n) is 3.65. The Morgan fingerprint density at radius 2 is 2.27 bits per heavy atom. The molecule has 0 unspecified atom stereocenters. The Morgan fingerprint density at radius 1 is 1.55 bits per heavy atom. The highest BCUT2D eigenvalue weighted by Crippen LogP contribution is 2.02. The molecule has 1 aliphatic heterocycles. The lowest BCUT2D eigenvalue weighted by Gasteiger charge is -2.26. The van der Waals surface area contributed by atoms with E-state index in [1.165, 1.54) is 0 Å². The van der Waals surface area contributed by atoms with Crippen LogP contribution in [0.4, 0.5) is 0 Å². The van der Waals surface area contributed by atoms with Crippen molar-refractivity contribution in [2.75, 3.05) is 26.3 Å². The highest BCUT2D eigenvalue weighted by molar-refractivity contribution is 5.85. The van der Waals surface area contributed by atoms with Crippen molar-refractivity contribution in [3.63, 3.8) is 0 Å². The summed E-state index contributed by atoms with van der Waals surface area (Å²) in [7, 11) is 0. The standard InChI is InChI=1S/C8H13NO.ClH/c1-2-3-4-10-7-8-5-9-6-8;/h1,8-9H,3-7H2;1H. The lowest BCUT2D eigenvalue weighted by molar-refractivity contribution is 0.0840. The summed E-state index contributed by atoms with van der Waals surface area (Å²) in [5, 5.41) is 3.18. The third-order valence-electron chi connectivity index (χ3n) is 1.61. The summed E-state index contributed by atoms with van der Waals surface area (Å²) in [5.74, 6) is 3.27. The third-order valence-corrected chi connectivity index (χ3v) is 1.61. The number of terminal acetylenes is 1.